The highest BCUT2D eigenvalue weighted by Crippen LogP contribution is 1.87. The molecule has 0 amide bonds. The van der Waals surface area contributed by atoms with Crippen molar-refractivity contribution >= 4 is 6.29 Å². The summed E-state index contributed by atoms with van der Waals surface area (Å²) in [7, 11) is 0. The molecule has 0 radical (unpaired) electrons. The van der Waals surface area contributed by atoms with E-state index in [9.17, 15) is 4.79 Å². The van der Waals surface area contributed by atoms with Crippen LogP contribution >= 0.6 is 0 Å². The summed E-state index contributed by atoms with van der Waals surface area (Å²) in [5.41, 5.74) is 6.03. The van der Waals surface area contributed by atoms with E-state index in [0.29, 0.717) is 12.0 Å². The third-order valence-corrected chi connectivity index (χ3v) is 0.879. The Morgan fingerprint density at radius 2 is 2.33 bits per heavy atom. The van der Waals surface area contributed by atoms with E-state index in [1.54, 1.807) is 6.92 Å². The first-order valence-corrected chi connectivity index (χ1v) is 2.51. The number of hydrogen-bond donors (Lipinski definition) is 2. The molecule has 0 aromatic heterocycles. The lowest BCUT2D eigenvalue weighted by atomic mass is 10.4. The first kappa shape index (κ1) is 7.75. The van der Waals surface area contributed by atoms with Crippen LogP contribution in [0.25, 0.3) is 0 Å². The smallest absolute Gasteiger partial charge is 0.167 e. The third kappa shape index (κ3) is 2.54. The maximum Gasteiger partial charge on any atom is 0.167 e. The minimum atomic E-state index is 0.204. The quantitative estimate of drug-likeness (QED) is 0.417. The number of carbonyl (C=O) groups is 1. The van der Waals surface area contributed by atoms with Gasteiger partial charge in [-0.15, -0.1) is 0 Å². The van der Waals surface area contributed by atoms with Crippen LogP contribution in [-0.4, -0.2) is 6.29 Å². The van der Waals surface area contributed by atoms with Crippen molar-refractivity contribution < 1.29 is 4.79 Å². The highest BCUT2D eigenvalue weighted by Gasteiger charge is 1.89. The van der Waals surface area contributed by atoms with Gasteiger partial charge in [-0.2, -0.15) is 0 Å². The summed E-state index contributed by atoms with van der Waals surface area (Å²) in [5.74, 6) is 0. The standard InChI is InChI=1S/C6H10N2O/c1-3-8-5(2)6(7)4-9/h3-4,8H,1,7H2,2H3/b6-5-. The highest BCUT2D eigenvalue weighted by atomic mass is 16.1. The first-order valence-electron chi connectivity index (χ1n) is 2.51. The lowest BCUT2D eigenvalue weighted by Gasteiger charge is -1.98. The topological polar surface area (TPSA) is 55.1 Å². The van der Waals surface area contributed by atoms with Gasteiger partial charge in [0, 0.05) is 5.70 Å². The molecule has 0 fully saturated rings. The summed E-state index contributed by atoms with van der Waals surface area (Å²) in [6, 6.07) is 0. The molecule has 0 aromatic carbocycles. The highest BCUT2D eigenvalue weighted by molar-refractivity contribution is 5.72. The molecule has 0 saturated carbocycles. The van der Waals surface area contributed by atoms with Crippen LogP contribution in [0.1, 0.15) is 6.92 Å². The molecule has 0 aliphatic carbocycles. The van der Waals surface area contributed by atoms with Gasteiger partial charge in [0.1, 0.15) is 0 Å². The van der Waals surface area contributed by atoms with Crippen molar-refractivity contribution in [3.63, 3.8) is 0 Å². The average Bonchev–Trinajstić information content (AvgIpc) is 1.87. The van der Waals surface area contributed by atoms with Gasteiger partial charge < -0.3 is 11.1 Å². The van der Waals surface area contributed by atoms with E-state index in [4.69, 9.17) is 5.73 Å². The van der Waals surface area contributed by atoms with Gasteiger partial charge in [-0.25, -0.2) is 0 Å². The maximum absolute atomic E-state index is 9.96. The Bertz CT molecular complexity index is 149. The summed E-state index contributed by atoms with van der Waals surface area (Å²) in [4.78, 5) is 9.96. The molecular weight excluding hydrogens is 116 g/mol. The van der Waals surface area contributed by atoms with Crippen molar-refractivity contribution in [2.24, 2.45) is 5.73 Å². The van der Waals surface area contributed by atoms with E-state index in [-0.39, 0.29) is 5.70 Å². The van der Waals surface area contributed by atoms with E-state index in [0.717, 1.165) is 0 Å². The average molecular weight is 126 g/mol. The number of hydrogen-bond acceptors (Lipinski definition) is 3. The minimum absolute atomic E-state index is 0.204. The number of nitrogens with two attached hydrogens (primary N) is 1. The molecule has 0 heterocycles. The second-order valence-electron chi connectivity index (χ2n) is 1.55. The molecule has 0 bridgehead atoms. The second kappa shape index (κ2) is 3.72. The molecule has 0 unspecified atom stereocenters. The fourth-order valence-electron chi connectivity index (χ4n) is 0.325. The number of allylic oxidation sites excluding steroid dienone is 2. The largest absolute Gasteiger partial charge is 0.395 e. The van der Waals surface area contributed by atoms with Gasteiger partial charge in [-0.1, -0.05) is 6.58 Å². The van der Waals surface area contributed by atoms with Gasteiger partial charge in [0.25, 0.3) is 0 Å². The van der Waals surface area contributed by atoms with Crippen LogP contribution in [-0.2, 0) is 4.79 Å². The Kier molecular flexibility index (Phi) is 3.20. The normalized spacial score (nSPS) is 11.7. The van der Waals surface area contributed by atoms with E-state index in [1.807, 2.05) is 0 Å². The van der Waals surface area contributed by atoms with E-state index in [2.05, 4.69) is 11.9 Å². The Labute approximate surface area is 54.2 Å². The van der Waals surface area contributed by atoms with E-state index >= 15 is 0 Å². The number of aldehydes is 1. The SMILES string of the molecule is C=CN/C(C)=C(\N)C=O. The monoisotopic (exact) mass is 126 g/mol. The van der Waals surface area contributed by atoms with Gasteiger partial charge in [0.2, 0.25) is 0 Å². The van der Waals surface area contributed by atoms with Crippen molar-refractivity contribution in [2.75, 3.05) is 0 Å². The number of carbonyl (C=O) groups excluding carboxylic acids is 1. The van der Waals surface area contributed by atoms with Gasteiger partial charge in [0.05, 0.1) is 5.70 Å². The molecule has 0 saturated heterocycles. The summed E-state index contributed by atoms with van der Waals surface area (Å²) < 4.78 is 0. The van der Waals surface area contributed by atoms with Gasteiger partial charge in [-0.3, -0.25) is 4.79 Å². The lowest BCUT2D eigenvalue weighted by molar-refractivity contribution is -0.105. The first-order chi connectivity index (χ1) is 4.22. The zero-order valence-corrected chi connectivity index (χ0v) is 5.35. The molecule has 0 aromatic rings. The van der Waals surface area contributed by atoms with Crippen LogP contribution < -0.4 is 11.1 Å². The maximum atomic E-state index is 9.96. The van der Waals surface area contributed by atoms with Crippen LogP contribution in [0.5, 0.6) is 0 Å². The molecule has 0 atom stereocenters. The number of rotatable bonds is 3. The van der Waals surface area contributed by atoms with Crippen LogP contribution in [0, 0.1) is 0 Å². The minimum Gasteiger partial charge on any atom is -0.395 e. The summed E-state index contributed by atoms with van der Waals surface area (Å²) in [6.45, 7) is 5.10. The van der Waals surface area contributed by atoms with Crippen molar-refractivity contribution in [1.82, 2.24) is 5.32 Å². The molecule has 0 rings (SSSR count). The van der Waals surface area contributed by atoms with Gasteiger partial charge in [-0.05, 0) is 13.1 Å². The van der Waals surface area contributed by atoms with Crippen molar-refractivity contribution in [3.8, 4) is 0 Å². The fourth-order valence-corrected chi connectivity index (χ4v) is 0.325. The van der Waals surface area contributed by atoms with Crippen molar-refractivity contribution in [3.05, 3.63) is 24.2 Å². The van der Waals surface area contributed by atoms with E-state index in [1.165, 1.54) is 6.20 Å². The van der Waals surface area contributed by atoms with E-state index < -0.39 is 0 Å². The molecule has 9 heavy (non-hydrogen) atoms. The summed E-state index contributed by atoms with van der Waals surface area (Å²) in [5, 5.41) is 2.68. The molecule has 0 spiro atoms. The zero-order valence-electron chi connectivity index (χ0n) is 5.35. The summed E-state index contributed by atoms with van der Waals surface area (Å²) >= 11 is 0. The van der Waals surface area contributed by atoms with Gasteiger partial charge >= 0.3 is 0 Å². The van der Waals surface area contributed by atoms with Crippen molar-refractivity contribution in [1.29, 1.82) is 0 Å². The van der Waals surface area contributed by atoms with Crippen LogP contribution in [0.2, 0.25) is 0 Å². The Balaban J connectivity index is 4.08. The lowest BCUT2D eigenvalue weighted by Crippen LogP contribution is -2.10. The van der Waals surface area contributed by atoms with Crippen LogP contribution in [0.4, 0.5) is 0 Å². The molecule has 3 N–H and O–H groups in total. The third-order valence-electron chi connectivity index (χ3n) is 0.879. The second-order valence-corrected chi connectivity index (χ2v) is 1.55. The Hall–Kier alpha value is -1.25. The van der Waals surface area contributed by atoms with Crippen molar-refractivity contribution in [2.45, 2.75) is 6.92 Å². The number of nitrogens with one attached hydrogen (secondary N) is 1. The summed E-state index contributed by atoms with van der Waals surface area (Å²) in [6.07, 6.45) is 2.05. The fraction of sp³-hybridized carbons (Fsp3) is 0.167. The molecular formula is C6H10N2O. The molecule has 3 nitrogen and oxygen atoms in total. The molecule has 3 heteroatoms. The zero-order chi connectivity index (χ0) is 7.28. The predicted molar refractivity (Wildman–Crippen MR) is 36.3 cm³/mol. The Morgan fingerprint density at radius 3 is 2.67 bits per heavy atom. The molecule has 0 aliphatic heterocycles. The van der Waals surface area contributed by atoms with Crippen LogP contribution in [0.3, 0.4) is 0 Å². The predicted octanol–water partition coefficient (Wildman–Crippen LogP) is 0.109. The van der Waals surface area contributed by atoms with Gasteiger partial charge in [0.15, 0.2) is 6.29 Å². The molecule has 50 valence electrons. The molecule has 0 aliphatic rings. The Morgan fingerprint density at radius 1 is 1.78 bits per heavy atom. The van der Waals surface area contributed by atoms with Crippen LogP contribution in [0.15, 0.2) is 24.2 Å².